The van der Waals surface area contributed by atoms with Crippen molar-refractivity contribution in [2.24, 2.45) is 12.0 Å². The number of anilines is 1. The maximum atomic E-state index is 4.83. The second-order valence-corrected chi connectivity index (χ2v) is 7.41. The van der Waals surface area contributed by atoms with Gasteiger partial charge in [-0.05, 0) is 25.3 Å². The predicted octanol–water partition coefficient (Wildman–Crippen LogP) is 2.17. The number of piperazine rings is 1. The maximum Gasteiger partial charge on any atom is 0.205 e. The number of nitrogens with one attached hydrogen (secondary N) is 1. The van der Waals surface area contributed by atoms with Crippen LogP contribution in [-0.2, 0) is 19.9 Å². The van der Waals surface area contributed by atoms with E-state index in [4.69, 9.17) is 4.99 Å². The van der Waals surface area contributed by atoms with Crippen LogP contribution in [-0.4, -0.2) is 69.3 Å². The van der Waals surface area contributed by atoms with Crippen LogP contribution >= 0.6 is 35.5 Å². The first kappa shape index (κ1) is 22.9. The molecular formula is C18H31IN8S. The summed E-state index contributed by atoms with van der Waals surface area (Å²) in [6.45, 7) is 9.75. The molecule has 0 amide bonds. The molecule has 8 nitrogen and oxygen atoms in total. The van der Waals surface area contributed by atoms with Gasteiger partial charge in [0.15, 0.2) is 5.96 Å². The summed E-state index contributed by atoms with van der Waals surface area (Å²) in [5.74, 6) is 1.97. The quantitative estimate of drug-likeness (QED) is 0.262. The molecule has 1 N–H and O–H groups in total. The Balaban J connectivity index is 0.00000280. The SMILES string of the molecule is CCNC(=NCCCc1cnn(C)c1)N1CCN(c2nc(CC)ns2)CC1.I. The Kier molecular flexibility index (Phi) is 9.42. The number of hydrogen-bond acceptors (Lipinski definition) is 6. The van der Waals surface area contributed by atoms with Gasteiger partial charge < -0.3 is 15.1 Å². The van der Waals surface area contributed by atoms with Crippen LogP contribution in [0, 0.1) is 0 Å². The van der Waals surface area contributed by atoms with Gasteiger partial charge in [-0.25, -0.2) is 4.98 Å². The molecule has 1 aliphatic rings. The average Bonchev–Trinajstić information content (AvgIpc) is 3.33. The summed E-state index contributed by atoms with van der Waals surface area (Å²) in [6.07, 6.45) is 6.95. The van der Waals surface area contributed by atoms with Crippen LogP contribution in [0.25, 0.3) is 0 Å². The van der Waals surface area contributed by atoms with Crippen LogP contribution in [0.4, 0.5) is 5.13 Å². The zero-order valence-corrected chi connectivity index (χ0v) is 20.1. The van der Waals surface area contributed by atoms with E-state index in [0.29, 0.717) is 0 Å². The van der Waals surface area contributed by atoms with Crippen molar-refractivity contribution >= 4 is 46.6 Å². The summed E-state index contributed by atoms with van der Waals surface area (Å²) in [6, 6.07) is 0. The first-order valence-corrected chi connectivity index (χ1v) is 10.5. The molecule has 1 fully saturated rings. The molecule has 0 bridgehead atoms. The molecule has 156 valence electrons. The van der Waals surface area contributed by atoms with Gasteiger partial charge >= 0.3 is 0 Å². The van der Waals surface area contributed by atoms with Crippen molar-refractivity contribution in [1.29, 1.82) is 0 Å². The summed E-state index contributed by atoms with van der Waals surface area (Å²) in [5, 5.41) is 8.70. The van der Waals surface area contributed by atoms with Crippen LogP contribution in [0.15, 0.2) is 17.4 Å². The molecule has 0 unspecified atom stereocenters. The molecule has 2 aromatic heterocycles. The van der Waals surface area contributed by atoms with E-state index in [0.717, 1.165) is 75.4 Å². The Morgan fingerprint density at radius 1 is 1.25 bits per heavy atom. The normalized spacial score (nSPS) is 14.9. The molecule has 2 aromatic rings. The van der Waals surface area contributed by atoms with Gasteiger partial charge in [0.25, 0.3) is 0 Å². The molecule has 0 spiro atoms. The molecule has 10 heteroatoms. The highest BCUT2D eigenvalue weighted by Gasteiger charge is 2.21. The third-order valence-electron chi connectivity index (χ3n) is 4.60. The highest BCUT2D eigenvalue weighted by atomic mass is 127. The highest BCUT2D eigenvalue weighted by molar-refractivity contribution is 14.0. The zero-order chi connectivity index (χ0) is 19.1. The van der Waals surface area contributed by atoms with Crippen molar-refractivity contribution in [2.45, 2.75) is 33.1 Å². The first-order chi connectivity index (χ1) is 13.2. The fourth-order valence-electron chi connectivity index (χ4n) is 3.12. The first-order valence-electron chi connectivity index (χ1n) is 9.78. The fraction of sp³-hybridized carbons (Fsp3) is 0.667. The van der Waals surface area contributed by atoms with E-state index in [-0.39, 0.29) is 24.0 Å². The minimum atomic E-state index is 0. The van der Waals surface area contributed by atoms with Gasteiger partial charge in [0.05, 0.1) is 6.20 Å². The molecule has 3 heterocycles. The molecule has 0 saturated carbocycles. The molecule has 0 atom stereocenters. The molecule has 1 saturated heterocycles. The lowest BCUT2D eigenvalue weighted by molar-refractivity contribution is 0.372. The fourth-order valence-corrected chi connectivity index (χ4v) is 3.92. The monoisotopic (exact) mass is 518 g/mol. The molecule has 0 radical (unpaired) electrons. The maximum absolute atomic E-state index is 4.83. The minimum absolute atomic E-state index is 0. The van der Waals surface area contributed by atoms with Gasteiger partial charge in [-0.15, -0.1) is 24.0 Å². The van der Waals surface area contributed by atoms with Crippen LogP contribution in [0.1, 0.15) is 31.7 Å². The molecule has 3 rings (SSSR count). The zero-order valence-electron chi connectivity index (χ0n) is 17.0. The summed E-state index contributed by atoms with van der Waals surface area (Å²) in [4.78, 5) is 14.1. The van der Waals surface area contributed by atoms with Crippen LogP contribution in [0.5, 0.6) is 0 Å². The number of halogens is 1. The Morgan fingerprint density at radius 3 is 2.64 bits per heavy atom. The molecule has 1 aliphatic heterocycles. The van der Waals surface area contributed by atoms with Crippen molar-refractivity contribution in [2.75, 3.05) is 44.2 Å². The molecule has 0 aromatic carbocycles. The lowest BCUT2D eigenvalue weighted by atomic mass is 10.2. The molecule has 0 aliphatic carbocycles. The third kappa shape index (κ3) is 6.29. The summed E-state index contributed by atoms with van der Waals surface area (Å²) >= 11 is 1.51. The minimum Gasteiger partial charge on any atom is -0.357 e. The van der Waals surface area contributed by atoms with E-state index in [1.165, 1.54) is 17.1 Å². The van der Waals surface area contributed by atoms with Crippen molar-refractivity contribution in [1.82, 2.24) is 29.4 Å². The number of aromatic nitrogens is 4. The number of rotatable bonds is 7. The van der Waals surface area contributed by atoms with E-state index in [1.54, 1.807) is 0 Å². The smallest absolute Gasteiger partial charge is 0.205 e. The lowest BCUT2D eigenvalue weighted by Crippen LogP contribution is -2.52. The van der Waals surface area contributed by atoms with E-state index in [2.05, 4.69) is 49.6 Å². The third-order valence-corrected chi connectivity index (χ3v) is 5.42. The highest BCUT2D eigenvalue weighted by Crippen LogP contribution is 2.19. The topological polar surface area (TPSA) is 74.5 Å². The second kappa shape index (κ2) is 11.5. The van der Waals surface area contributed by atoms with Crippen LogP contribution in [0.2, 0.25) is 0 Å². The Bertz CT molecular complexity index is 736. The van der Waals surface area contributed by atoms with Crippen molar-refractivity contribution in [3.05, 3.63) is 23.8 Å². The van der Waals surface area contributed by atoms with Crippen molar-refractivity contribution in [3.8, 4) is 0 Å². The predicted molar refractivity (Wildman–Crippen MR) is 126 cm³/mol. The second-order valence-electron chi connectivity index (χ2n) is 6.68. The molecular weight excluding hydrogens is 487 g/mol. The van der Waals surface area contributed by atoms with Crippen molar-refractivity contribution in [3.63, 3.8) is 0 Å². The molecule has 28 heavy (non-hydrogen) atoms. The number of guanidine groups is 1. The Morgan fingerprint density at radius 2 is 2.04 bits per heavy atom. The number of hydrogen-bond donors (Lipinski definition) is 1. The number of nitrogens with zero attached hydrogens (tertiary/aromatic N) is 7. The van der Waals surface area contributed by atoms with Gasteiger partial charge in [-0.2, -0.15) is 9.47 Å². The van der Waals surface area contributed by atoms with Gasteiger partial charge in [-0.1, -0.05) is 6.92 Å². The van der Waals surface area contributed by atoms with Gasteiger partial charge in [0.2, 0.25) is 5.13 Å². The van der Waals surface area contributed by atoms with Crippen molar-refractivity contribution < 1.29 is 0 Å². The summed E-state index contributed by atoms with van der Waals surface area (Å²) in [5.41, 5.74) is 1.27. The summed E-state index contributed by atoms with van der Waals surface area (Å²) < 4.78 is 6.25. The van der Waals surface area contributed by atoms with E-state index in [9.17, 15) is 0 Å². The lowest BCUT2D eigenvalue weighted by Gasteiger charge is -2.36. The number of aliphatic imine (C=N–C) groups is 1. The van der Waals surface area contributed by atoms with Gasteiger partial charge in [0.1, 0.15) is 5.82 Å². The van der Waals surface area contributed by atoms with E-state index < -0.39 is 0 Å². The Hall–Kier alpha value is -1.43. The largest absolute Gasteiger partial charge is 0.357 e. The van der Waals surface area contributed by atoms with Gasteiger partial charge in [0, 0.05) is 70.5 Å². The van der Waals surface area contributed by atoms with E-state index >= 15 is 0 Å². The Labute approximate surface area is 188 Å². The standard InChI is InChI=1S/C18H30N8S.HI/c1-4-16-22-18(27-23-16)26-11-9-25(10-12-26)17(19-5-2)20-8-6-7-15-13-21-24(3)14-15;/h13-14H,4-12H2,1-3H3,(H,19,20);1H. The van der Waals surface area contributed by atoms with Crippen LogP contribution in [0.3, 0.4) is 0 Å². The van der Waals surface area contributed by atoms with E-state index in [1.807, 2.05) is 17.9 Å². The summed E-state index contributed by atoms with van der Waals surface area (Å²) in [7, 11) is 1.95. The van der Waals surface area contributed by atoms with Gasteiger partial charge in [-0.3, -0.25) is 9.67 Å². The van der Waals surface area contributed by atoms with Crippen LogP contribution < -0.4 is 10.2 Å². The number of aryl methyl sites for hydroxylation is 3. The average molecular weight is 518 g/mol.